The Labute approximate surface area is 102 Å². The number of hydrogen-bond acceptors (Lipinski definition) is 3. The highest BCUT2D eigenvalue weighted by molar-refractivity contribution is 7.80. The normalized spacial score (nSPS) is 9.81. The molecule has 0 unspecified atom stereocenters. The third-order valence-corrected chi connectivity index (χ3v) is 2.21. The maximum absolute atomic E-state index is 5.76. The first-order valence-corrected chi connectivity index (χ1v) is 5.21. The van der Waals surface area contributed by atoms with Gasteiger partial charge in [-0.15, -0.1) is 0 Å². The number of aromatic amines is 1. The van der Waals surface area contributed by atoms with Crippen molar-refractivity contribution in [1.29, 1.82) is 0 Å². The van der Waals surface area contributed by atoms with Crippen molar-refractivity contribution < 1.29 is 0 Å². The van der Waals surface area contributed by atoms with Gasteiger partial charge in [-0.25, -0.2) is 5.10 Å². The van der Waals surface area contributed by atoms with Crippen LogP contribution in [0.25, 0.3) is 0 Å². The fraction of sp³-hybridized carbons (Fsp3) is 0. The van der Waals surface area contributed by atoms with Crippen LogP contribution >= 0.6 is 23.8 Å². The van der Waals surface area contributed by atoms with E-state index in [1.807, 2.05) is 12.1 Å². The molecule has 0 bridgehead atoms. The van der Waals surface area contributed by atoms with Gasteiger partial charge in [-0.2, -0.15) is 10.1 Å². The Morgan fingerprint density at radius 1 is 1.25 bits per heavy atom. The Hall–Kier alpha value is -1.66. The molecule has 0 radical (unpaired) electrons. The Balaban J connectivity index is 1.95. The molecule has 0 spiro atoms. The maximum Gasteiger partial charge on any atom is 0.224 e. The standard InChI is InChI=1S/C9H8ClN5S/c10-6-1-3-7(4-2-6)13-9(16)14-8-11-5-12-15-8/h1-5H,(H3,11,12,13,14,15,16). The second kappa shape index (κ2) is 4.91. The third kappa shape index (κ3) is 2.91. The van der Waals surface area contributed by atoms with E-state index >= 15 is 0 Å². The first kappa shape index (κ1) is 10.8. The van der Waals surface area contributed by atoms with Gasteiger partial charge in [0, 0.05) is 10.7 Å². The smallest absolute Gasteiger partial charge is 0.224 e. The second-order valence-corrected chi connectivity index (χ2v) is 3.76. The molecular formula is C9H8ClN5S. The van der Waals surface area contributed by atoms with E-state index in [1.54, 1.807) is 12.1 Å². The van der Waals surface area contributed by atoms with Gasteiger partial charge in [-0.3, -0.25) is 0 Å². The van der Waals surface area contributed by atoms with E-state index in [1.165, 1.54) is 6.33 Å². The minimum atomic E-state index is 0.430. The summed E-state index contributed by atoms with van der Waals surface area (Å²) in [6.45, 7) is 0. The fourth-order valence-electron chi connectivity index (χ4n) is 1.07. The van der Waals surface area contributed by atoms with Gasteiger partial charge in [0.05, 0.1) is 0 Å². The molecule has 0 atom stereocenters. The number of H-pyrrole nitrogens is 1. The molecule has 0 fully saturated rings. The SMILES string of the molecule is S=C(Nc1ccc(Cl)cc1)Nc1ncn[nH]1. The summed E-state index contributed by atoms with van der Waals surface area (Å²) in [4.78, 5) is 3.89. The Morgan fingerprint density at radius 3 is 2.62 bits per heavy atom. The molecule has 5 nitrogen and oxygen atoms in total. The molecule has 0 saturated heterocycles. The number of nitrogens with zero attached hydrogens (tertiary/aromatic N) is 2. The zero-order valence-electron chi connectivity index (χ0n) is 8.07. The van der Waals surface area contributed by atoms with Crippen LogP contribution in [0.2, 0.25) is 5.02 Å². The van der Waals surface area contributed by atoms with Crippen molar-refractivity contribution in [2.75, 3.05) is 10.6 Å². The summed E-state index contributed by atoms with van der Waals surface area (Å²) in [7, 11) is 0. The average Bonchev–Trinajstić information content (AvgIpc) is 2.74. The lowest BCUT2D eigenvalue weighted by Crippen LogP contribution is -2.19. The number of halogens is 1. The Kier molecular flexibility index (Phi) is 3.33. The van der Waals surface area contributed by atoms with Crippen LogP contribution in [0.15, 0.2) is 30.6 Å². The second-order valence-electron chi connectivity index (χ2n) is 2.92. The quantitative estimate of drug-likeness (QED) is 0.717. The van der Waals surface area contributed by atoms with Crippen LogP contribution in [-0.4, -0.2) is 20.3 Å². The van der Waals surface area contributed by atoms with E-state index in [-0.39, 0.29) is 0 Å². The van der Waals surface area contributed by atoms with Crippen molar-refractivity contribution >= 4 is 40.6 Å². The van der Waals surface area contributed by atoms with Gasteiger partial charge in [0.2, 0.25) is 5.95 Å². The van der Waals surface area contributed by atoms with Crippen molar-refractivity contribution in [2.45, 2.75) is 0 Å². The van der Waals surface area contributed by atoms with Crippen LogP contribution in [0.1, 0.15) is 0 Å². The number of hydrogen-bond donors (Lipinski definition) is 3. The van der Waals surface area contributed by atoms with Crippen LogP contribution in [0, 0.1) is 0 Å². The molecule has 0 saturated carbocycles. The van der Waals surface area contributed by atoms with E-state index in [2.05, 4.69) is 25.8 Å². The topological polar surface area (TPSA) is 65.6 Å². The first-order chi connectivity index (χ1) is 7.74. The highest BCUT2D eigenvalue weighted by Crippen LogP contribution is 2.13. The Morgan fingerprint density at radius 2 is 2.00 bits per heavy atom. The molecule has 2 aromatic rings. The molecule has 2 rings (SSSR count). The molecule has 16 heavy (non-hydrogen) atoms. The van der Waals surface area contributed by atoms with Crippen LogP contribution in [0.4, 0.5) is 11.6 Å². The summed E-state index contributed by atoms with van der Waals surface area (Å²) in [5.74, 6) is 0.492. The monoisotopic (exact) mass is 253 g/mol. The maximum atomic E-state index is 5.76. The summed E-state index contributed by atoms with van der Waals surface area (Å²) >= 11 is 10.8. The van der Waals surface area contributed by atoms with Crippen LogP contribution in [-0.2, 0) is 0 Å². The average molecular weight is 254 g/mol. The molecule has 1 heterocycles. The first-order valence-electron chi connectivity index (χ1n) is 4.43. The lowest BCUT2D eigenvalue weighted by molar-refractivity contribution is 1.10. The van der Waals surface area contributed by atoms with Crippen LogP contribution in [0.3, 0.4) is 0 Å². The van der Waals surface area contributed by atoms with Gasteiger partial charge in [-0.1, -0.05) is 11.6 Å². The number of rotatable bonds is 2. The van der Waals surface area contributed by atoms with E-state index in [9.17, 15) is 0 Å². The van der Waals surface area contributed by atoms with Gasteiger partial charge in [0.1, 0.15) is 6.33 Å². The zero-order valence-corrected chi connectivity index (χ0v) is 9.64. The molecule has 0 aliphatic carbocycles. The predicted molar refractivity (Wildman–Crippen MR) is 67.7 cm³/mol. The number of anilines is 2. The third-order valence-electron chi connectivity index (χ3n) is 1.75. The molecule has 7 heteroatoms. The van der Waals surface area contributed by atoms with Gasteiger partial charge < -0.3 is 10.6 Å². The number of benzene rings is 1. The van der Waals surface area contributed by atoms with Gasteiger partial charge in [-0.05, 0) is 36.5 Å². The number of thiocarbonyl (C=S) groups is 1. The van der Waals surface area contributed by atoms with Crippen molar-refractivity contribution in [2.24, 2.45) is 0 Å². The highest BCUT2D eigenvalue weighted by atomic mass is 35.5. The highest BCUT2D eigenvalue weighted by Gasteiger charge is 2.00. The van der Waals surface area contributed by atoms with Crippen LogP contribution < -0.4 is 10.6 Å². The molecule has 0 aliphatic rings. The molecule has 82 valence electrons. The molecule has 1 aromatic carbocycles. The van der Waals surface area contributed by atoms with Crippen molar-refractivity contribution in [3.63, 3.8) is 0 Å². The molecule has 0 amide bonds. The van der Waals surface area contributed by atoms with Crippen molar-refractivity contribution in [1.82, 2.24) is 15.2 Å². The molecule has 1 aromatic heterocycles. The van der Waals surface area contributed by atoms with Crippen molar-refractivity contribution in [3.05, 3.63) is 35.6 Å². The summed E-state index contributed by atoms with van der Waals surface area (Å²) in [6, 6.07) is 7.22. The Bertz CT molecular complexity index is 467. The summed E-state index contributed by atoms with van der Waals surface area (Å²) in [5, 5.41) is 13.3. The largest absolute Gasteiger partial charge is 0.332 e. The van der Waals surface area contributed by atoms with Gasteiger partial charge >= 0.3 is 0 Å². The van der Waals surface area contributed by atoms with Gasteiger partial charge in [0.25, 0.3) is 0 Å². The van der Waals surface area contributed by atoms with E-state index in [0.29, 0.717) is 16.1 Å². The minimum Gasteiger partial charge on any atom is -0.332 e. The lowest BCUT2D eigenvalue weighted by Gasteiger charge is -2.07. The molecule has 0 aliphatic heterocycles. The summed E-state index contributed by atoms with van der Waals surface area (Å²) in [6.07, 6.45) is 1.40. The van der Waals surface area contributed by atoms with Crippen molar-refractivity contribution in [3.8, 4) is 0 Å². The van der Waals surface area contributed by atoms with E-state index < -0.39 is 0 Å². The predicted octanol–water partition coefficient (Wildman–Crippen LogP) is 2.27. The molecular weight excluding hydrogens is 246 g/mol. The fourth-order valence-corrected chi connectivity index (χ4v) is 1.41. The number of nitrogens with one attached hydrogen (secondary N) is 3. The van der Waals surface area contributed by atoms with Crippen LogP contribution in [0.5, 0.6) is 0 Å². The van der Waals surface area contributed by atoms with E-state index in [4.69, 9.17) is 23.8 Å². The summed E-state index contributed by atoms with van der Waals surface area (Å²) < 4.78 is 0. The van der Waals surface area contributed by atoms with E-state index in [0.717, 1.165) is 5.69 Å². The molecule has 3 N–H and O–H groups in total. The lowest BCUT2D eigenvalue weighted by atomic mass is 10.3. The zero-order chi connectivity index (χ0) is 11.4. The summed E-state index contributed by atoms with van der Waals surface area (Å²) in [5.41, 5.74) is 0.849. The van der Waals surface area contributed by atoms with Gasteiger partial charge in [0.15, 0.2) is 5.11 Å². The number of aromatic nitrogens is 3. The minimum absolute atomic E-state index is 0.430.